The first-order valence-corrected chi connectivity index (χ1v) is 6.59. The average Bonchev–Trinajstić information content (AvgIpc) is 2.38. The Bertz CT molecular complexity index is 533. The van der Waals surface area contributed by atoms with Crippen LogP contribution in [0.25, 0.3) is 6.08 Å². The van der Waals surface area contributed by atoms with Gasteiger partial charge in [0.25, 0.3) is 0 Å². The number of hydrogen-bond donors (Lipinski definition) is 1. The maximum atomic E-state index is 12.3. The molecule has 1 amide bonds. The standard InChI is InChI=1S/C13H12Cl2F3NO2/c14-10-3-1-2-9(12(10)15)4-5-11(21)19(6-7-20)8-13(16,17)18/h1-5,20H,6-8H2/b5-4+. The molecule has 0 unspecified atom stereocenters. The number of aliphatic hydroxyl groups is 1. The van der Waals surface area contributed by atoms with Gasteiger partial charge in [-0.15, -0.1) is 0 Å². The summed E-state index contributed by atoms with van der Waals surface area (Å²) in [5.41, 5.74) is 0.411. The van der Waals surface area contributed by atoms with Crippen molar-refractivity contribution in [3.8, 4) is 0 Å². The van der Waals surface area contributed by atoms with Crippen LogP contribution in [0.3, 0.4) is 0 Å². The number of rotatable bonds is 5. The lowest BCUT2D eigenvalue weighted by Crippen LogP contribution is -2.39. The third-order valence-electron chi connectivity index (χ3n) is 2.44. The lowest BCUT2D eigenvalue weighted by atomic mass is 10.2. The van der Waals surface area contributed by atoms with Crippen molar-refractivity contribution in [3.05, 3.63) is 39.9 Å². The Morgan fingerprint density at radius 1 is 1.33 bits per heavy atom. The van der Waals surface area contributed by atoms with E-state index in [0.29, 0.717) is 10.5 Å². The highest BCUT2D eigenvalue weighted by Crippen LogP contribution is 2.26. The molecule has 0 aliphatic rings. The van der Waals surface area contributed by atoms with Crippen LogP contribution in [0.15, 0.2) is 24.3 Å². The maximum Gasteiger partial charge on any atom is 0.406 e. The largest absolute Gasteiger partial charge is 0.406 e. The third-order valence-corrected chi connectivity index (χ3v) is 3.27. The molecule has 0 aliphatic heterocycles. The number of nitrogens with zero attached hydrogens (tertiary/aromatic N) is 1. The fourth-order valence-electron chi connectivity index (χ4n) is 1.52. The quantitative estimate of drug-likeness (QED) is 0.834. The van der Waals surface area contributed by atoms with Gasteiger partial charge < -0.3 is 10.0 Å². The molecule has 1 aromatic rings. The predicted octanol–water partition coefficient (Wildman–Crippen LogP) is 3.39. The molecule has 3 nitrogen and oxygen atoms in total. The van der Waals surface area contributed by atoms with Gasteiger partial charge in [-0.25, -0.2) is 0 Å². The van der Waals surface area contributed by atoms with E-state index in [4.69, 9.17) is 28.3 Å². The summed E-state index contributed by atoms with van der Waals surface area (Å²) in [6.07, 6.45) is -2.30. The number of hydrogen-bond acceptors (Lipinski definition) is 2. The zero-order valence-electron chi connectivity index (χ0n) is 10.7. The Morgan fingerprint density at radius 2 is 2.00 bits per heavy atom. The molecule has 1 N–H and O–H groups in total. The Labute approximate surface area is 129 Å². The second kappa shape index (κ2) is 7.68. The van der Waals surface area contributed by atoms with Crippen LogP contribution >= 0.6 is 23.2 Å². The predicted molar refractivity (Wildman–Crippen MR) is 75.2 cm³/mol. The van der Waals surface area contributed by atoms with E-state index in [2.05, 4.69) is 0 Å². The van der Waals surface area contributed by atoms with Crippen LogP contribution in [-0.4, -0.2) is 41.8 Å². The topological polar surface area (TPSA) is 40.5 Å². The minimum Gasteiger partial charge on any atom is -0.395 e. The first-order chi connectivity index (χ1) is 9.74. The number of aliphatic hydroxyl groups excluding tert-OH is 1. The molecule has 116 valence electrons. The van der Waals surface area contributed by atoms with Crippen LogP contribution in [0, 0.1) is 0 Å². The summed E-state index contributed by atoms with van der Waals surface area (Å²) in [5, 5.41) is 9.20. The van der Waals surface area contributed by atoms with Gasteiger partial charge in [0.1, 0.15) is 6.54 Å². The highest BCUT2D eigenvalue weighted by Gasteiger charge is 2.32. The second-order valence-corrected chi connectivity index (χ2v) is 4.86. The van der Waals surface area contributed by atoms with E-state index in [-0.39, 0.29) is 10.0 Å². The summed E-state index contributed by atoms with van der Waals surface area (Å²) >= 11 is 11.7. The molecule has 0 saturated heterocycles. The number of carbonyl (C=O) groups is 1. The molecule has 0 aromatic heterocycles. The fraction of sp³-hybridized carbons (Fsp3) is 0.308. The summed E-state index contributed by atoms with van der Waals surface area (Å²) in [4.78, 5) is 12.2. The van der Waals surface area contributed by atoms with Crippen molar-refractivity contribution in [1.29, 1.82) is 0 Å². The van der Waals surface area contributed by atoms with E-state index in [1.54, 1.807) is 18.2 Å². The SMILES string of the molecule is O=C(/C=C/c1cccc(Cl)c1Cl)N(CCO)CC(F)(F)F. The molecule has 0 fully saturated rings. The van der Waals surface area contributed by atoms with Crippen molar-refractivity contribution in [1.82, 2.24) is 4.90 Å². The molecule has 1 rings (SSSR count). The molecule has 1 aromatic carbocycles. The Hall–Kier alpha value is -1.24. The number of amides is 1. The third kappa shape index (κ3) is 5.95. The summed E-state index contributed by atoms with van der Waals surface area (Å²) in [5.74, 6) is -0.877. The number of halogens is 5. The van der Waals surface area contributed by atoms with Gasteiger partial charge in [0.2, 0.25) is 5.91 Å². The number of benzene rings is 1. The van der Waals surface area contributed by atoms with E-state index in [1.165, 1.54) is 6.08 Å². The van der Waals surface area contributed by atoms with Crippen LogP contribution in [0.1, 0.15) is 5.56 Å². The van der Waals surface area contributed by atoms with Crippen molar-refractivity contribution in [2.45, 2.75) is 6.18 Å². The molecule has 0 radical (unpaired) electrons. The van der Waals surface area contributed by atoms with E-state index in [9.17, 15) is 18.0 Å². The van der Waals surface area contributed by atoms with E-state index < -0.39 is 31.8 Å². The average molecular weight is 342 g/mol. The van der Waals surface area contributed by atoms with Gasteiger partial charge in [-0.1, -0.05) is 35.3 Å². The van der Waals surface area contributed by atoms with Gasteiger partial charge in [-0.3, -0.25) is 4.79 Å². The monoisotopic (exact) mass is 341 g/mol. The highest BCUT2D eigenvalue weighted by molar-refractivity contribution is 6.42. The summed E-state index contributed by atoms with van der Waals surface area (Å²) in [7, 11) is 0. The van der Waals surface area contributed by atoms with Crippen LogP contribution in [-0.2, 0) is 4.79 Å². The lowest BCUT2D eigenvalue weighted by Gasteiger charge is -2.21. The highest BCUT2D eigenvalue weighted by atomic mass is 35.5. The Balaban J connectivity index is 2.85. The first-order valence-electron chi connectivity index (χ1n) is 5.83. The van der Waals surface area contributed by atoms with Crippen molar-refractivity contribution in [3.63, 3.8) is 0 Å². The van der Waals surface area contributed by atoms with Gasteiger partial charge in [0, 0.05) is 12.6 Å². The summed E-state index contributed by atoms with van der Waals surface area (Å²) < 4.78 is 37.0. The normalized spacial score (nSPS) is 11.9. The molecular formula is C13H12Cl2F3NO2. The first kappa shape index (κ1) is 17.8. The zero-order chi connectivity index (χ0) is 16.0. The lowest BCUT2D eigenvalue weighted by molar-refractivity contribution is -0.158. The van der Waals surface area contributed by atoms with Crippen LogP contribution in [0.2, 0.25) is 10.0 Å². The van der Waals surface area contributed by atoms with Crippen LogP contribution in [0.4, 0.5) is 13.2 Å². The minimum absolute atomic E-state index is 0.202. The van der Waals surface area contributed by atoms with Gasteiger partial charge in [0.05, 0.1) is 16.7 Å². The molecule has 0 bridgehead atoms. The van der Waals surface area contributed by atoms with Crippen LogP contribution < -0.4 is 0 Å². The molecule has 0 saturated carbocycles. The van der Waals surface area contributed by atoms with Gasteiger partial charge >= 0.3 is 6.18 Å². The van der Waals surface area contributed by atoms with E-state index >= 15 is 0 Å². The molecule has 0 atom stereocenters. The van der Waals surface area contributed by atoms with Crippen molar-refractivity contribution < 1.29 is 23.1 Å². The fourth-order valence-corrected chi connectivity index (χ4v) is 1.89. The number of carbonyl (C=O) groups excluding carboxylic acids is 1. The molecule has 21 heavy (non-hydrogen) atoms. The van der Waals surface area contributed by atoms with Gasteiger partial charge in [0.15, 0.2) is 0 Å². The van der Waals surface area contributed by atoms with Crippen molar-refractivity contribution >= 4 is 35.2 Å². The number of alkyl halides is 3. The van der Waals surface area contributed by atoms with E-state index in [1.807, 2.05) is 0 Å². The zero-order valence-corrected chi connectivity index (χ0v) is 12.2. The molecule has 0 aliphatic carbocycles. The Morgan fingerprint density at radius 3 is 2.57 bits per heavy atom. The summed E-state index contributed by atoms with van der Waals surface area (Å²) in [6.45, 7) is -2.40. The second-order valence-electron chi connectivity index (χ2n) is 4.07. The molecule has 0 heterocycles. The molecule has 8 heteroatoms. The van der Waals surface area contributed by atoms with E-state index in [0.717, 1.165) is 6.08 Å². The van der Waals surface area contributed by atoms with Crippen molar-refractivity contribution in [2.75, 3.05) is 19.7 Å². The van der Waals surface area contributed by atoms with Crippen molar-refractivity contribution in [2.24, 2.45) is 0 Å². The minimum atomic E-state index is -4.54. The smallest absolute Gasteiger partial charge is 0.395 e. The summed E-state index contributed by atoms with van der Waals surface area (Å²) in [6, 6.07) is 4.71. The van der Waals surface area contributed by atoms with Crippen LogP contribution in [0.5, 0.6) is 0 Å². The molecular weight excluding hydrogens is 330 g/mol. The van der Waals surface area contributed by atoms with Gasteiger partial charge in [-0.05, 0) is 17.7 Å². The van der Waals surface area contributed by atoms with Gasteiger partial charge in [-0.2, -0.15) is 13.2 Å². The maximum absolute atomic E-state index is 12.3. The Kier molecular flexibility index (Phi) is 6.51. The molecule has 0 spiro atoms.